The number of nitro groups is 1. The molecule has 0 aliphatic rings. The SMILES string of the molecule is O=[N+]([O-])c1ccc(Cl)c(S(=O)(=O)Nc2cccc(Br)n2)c1. The molecule has 10 heteroatoms. The van der Waals surface area contributed by atoms with Crippen LogP contribution in [0.1, 0.15) is 0 Å². The molecule has 0 saturated heterocycles. The molecular weight excluding hydrogens is 386 g/mol. The number of rotatable bonds is 4. The van der Waals surface area contributed by atoms with Gasteiger partial charge in [0, 0.05) is 12.1 Å². The Morgan fingerprint density at radius 3 is 2.62 bits per heavy atom. The lowest BCUT2D eigenvalue weighted by molar-refractivity contribution is -0.385. The van der Waals surface area contributed by atoms with E-state index in [9.17, 15) is 18.5 Å². The van der Waals surface area contributed by atoms with Crippen molar-refractivity contribution in [3.8, 4) is 0 Å². The zero-order chi connectivity index (χ0) is 15.6. The summed E-state index contributed by atoms with van der Waals surface area (Å²) in [4.78, 5) is 13.6. The van der Waals surface area contributed by atoms with E-state index in [0.29, 0.717) is 4.60 Å². The second-order valence-corrected chi connectivity index (χ2v) is 6.69. The number of nitrogens with zero attached hydrogens (tertiary/aromatic N) is 2. The van der Waals surface area contributed by atoms with Gasteiger partial charge in [-0.25, -0.2) is 13.4 Å². The molecule has 2 rings (SSSR count). The van der Waals surface area contributed by atoms with E-state index in [1.807, 2.05) is 0 Å². The Hall–Kier alpha value is -1.71. The Bertz CT molecular complexity index is 813. The molecule has 0 unspecified atom stereocenters. The van der Waals surface area contributed by atoms with Crippen molar-refractivity contribution in [3.05, 3.63) is 56.1 Å². The molecule has 0 fully saturated rings. The summed E-state index contributed by atoms with van der Waals surface area (Å²) >= 11 is 8.92. The highest BCUT2D eigenvalue weighted by molar-refractivity contribution is 9.10. The van der Waals surface area contributed by atoms with Crippen LogP contribution in [0.25, 0.3) is 0 Å². The van der Waals surface area contributed by atoms with Crippen molar-refractivity contribution < 1.29 is 13.3 Å². The number of hydrogen-bond donors (Lipinski definition) is 1. The molecule has 1 aromatic carbocycles. The summed E-state index contributed by atoms with van der Waals surface area (Å²) < 4.78 is 27.1. The Kier molecular flexibility index (Phi) is 4.45. The summed E-state index contributed by atoms with van der Waals surface area (Å²) in [6.07, 6.45) is 0. The molecule has 0 radical (unpaired) electrons. The zero-order valence-corrected chi connectivity index (χ0v) is 13.3. The van der Waals surface area contributed by atoms with Gasteiger partial charge >= 0.3 is 0 Å². The van der Waals surface area contributed by atoms with Gasteiger partial charge < -0.3 is 0 Å². The van der Waals surface area contributed by atoms with Gasteiger partial charge in [-0.15, -0.1) is 0 Å². The first kappa shape index (κ1) is 15.7. The van der Waals surface area contributed by atoms with Crippen LogP contribution in [0.3, 0.4) is 0 Å². The molecule has 110 valence electrons. The largest absolute Gasteiger partial charge is 0.270 e. The lowest BCUT2D eigenvalue weighted by atomic mass is 10.3. The van der Waals surface area contributed by atoms with Gasteiger partial charge in [0.25, 0.3) is 15.7 Å². The van der Waals surface area contributed by atoms with Gasteiger partial charge in [0.1, 0.15) is 15.3 Å². The predicted octanol–water partition coefficient (Wildman–Crippen LogP) is 3.21. The Morgan fingerprint density at radius 1 is 1.29 bits per heavy atom. The molecule has 1 aromatic heterocycles. The maximum atomic E-state index is 12.2. The summed E-state index contributed by atoms with van der Waals surface area (Å²) in [5, 5.41) is 10.6. The van der Waals surface area contributed by atoms with E-state index in [1.54, 1.807) is 12.1 Å². The van der Waals surface area contributed by atoms with Crippen molar-refractivity contribution in [2.75, 3.05) is 4.72 Å². The van der Waals surface area contributed by atoms with Crippen LogP contribution in [0, 0.1) is 10.1 Å². The molecule has 0 atom stereocenters. The highest BCUT2D eigenvalue weighted by Crippen LogP contribution is 2.27. The van der Waals surface area contributed by atoms with Crippen molar-refractivity contribution >= 4 is 49.1 Å². The van der Waals surface area contributed by atoms with Crippen molar-refractivity contribution in [3.63, 3.8) is 0 Å². The van der Waals surface area contributed by atoms with Gasteiger partial charge in [-0.3, -0.25) is 14.8 Å². The molecule has 0 aliphatic carbocycles. The molecule has 21 heavy (non-hydrogen) atoms. The topological polar surface area (TPSA) is 102 Å². The highest BCUT2D eigenvalue weighted by atomic mass is 79.9. The Labute approximate surface area is 133 Å². The number of hydrogen-bond acceptors (Lipinski definition) is 5. The lowest BCUT2D eigenvalue weighted by Crippen LogP contribution is -2.14. The van der Waals surface area contributed by atoms with Crippen molar-refractivity contribution in [1.82, 2.24) is 4.98 Å². The van der Waals surface area contributed by atoms with Crippen LogP contribution in [0.4, 0.5) is 11.5 Å². The number of aromatic nitrogens is 1. The summed E-state index contributed by atoms with van der Waals surface area (Å²) in [5.74, 6) is 0.0620. The minimum atomic E-state index is -4.09. The molecule has 0 aliphatic heterocycles. The van der Waals surface area contributed by atoms with Gasteiger partial charge in [0.05, 0.1) is 9.95 Å². The maximum absolute atomic E-state index is 12.2. The third kappa shape index (κ3) is 3.69. The highest BCUT2D eigenvalue weighted by Gasteiger charge is 2.22. The van der Waals surface area contributed by atoms with E-state index in [1.165, 1.54) is 6.07 Å². The number of non-ortho nitro benzene ring substituents is 1. The second kappa shape index (κ2) is 5.96. The summed E-state index contributed by atoms with van der Waals surface area (Å²) in [7, 11) is -4.09. The minimum absolute atomic E-state index is 0.0620. The fourth-order valence-electron chi connectivity index (χ4n) is 1.47. The number of halogens is 2. The van der Waals surface area contributed by atoms with Gasteiger partial charge in [-0.1, -0.05) is 17.7 Å². The fourth-order valence-corrected chi connectivity index (χ4v) is 3.33. The van der Waals surface area contributed by atoms with E-state index < -0.39 is 14.9 Å². The van der Waals surface area contributed by atoms with Crippen LogP contribution in [-0.2, 0) is 10.0 Å². The normalized spacial score (nSPS) is 11.1. The van der Waals surface area contributed by atoms with Gasteiger partial charge in [-0.05, 0) is 34.1 Å². The number of sulfonamides is 1. The molecule has 0 saturated carbocycles. The van der Waals surface area contributed by atoms with Gasteiger partial charge in [-0.2, -0.15) is 0 Å². The van der Waals surface area contributed by atoms with Crippen LogP contribution in [0.5, 0.6) is 0 Å². The van der Waals surface area contributed by atoms with E-state index in [2.05, 4.69) is 25.6 Å². The zero-order valence-electron chi connectivity index (χ0n) is 10.2. The average molecular weight is 393 g/mol. The third-order valence-electron chi connectivity index (χ3n) is 2.37. The van der Waals surface area contributed by atoms with E-state index in [4.69, 9.17) is 11.6 Å². The third-order valence-corrected chi connectivity index (χ3v) is 4.65. The monoisotopic (exact) mass is 391 g/mol. The van der Waals surface area contributed by atoms with Gasteiger partial charge in [0.15, 0.2) is 0 Å². The standard InChI is InChI=1S/C11H7BrClN3O4S/c12-10-2-1-3-11(14-10)15-21(19,20)9-6-7(16(17)18)4-5-8(9)13/h1-6H,(H,14,15). The number of nitro benzene ring substituents is 1. The van der Waals surface area contributed by atoms with Crippen LogP contribution in [0.15, 0.2) is 45.9 Å². The first-order valence-corrected chi connectivity index (χ1v) is 8.04. The van der Waals surface area contributed by atoms with Crippen LogP contribution in [0.2, 0.25) is 5.02 Å². The average Bonchev–Trinajstić information content (AvgIpc) is 2.38. The first-order chi connectivity index (χ1) is 9.79. The number of pyridine rings is 1. The summed E-state index contributed by atoms with van der Waals surface area (Å²) in [6.45, 7) is 0. The van der Waals surface area contributed by atoms with Crippen LogP contribution in [-0.4, -0.2) is 18.3 Å². The summed E-state index contributed by atoms with van der Waals surface area (Å²) in [5.41, 5.74) is -0.373. The van der Waals surface area contributed by atoms with Crippen LogP contribution < -0.4 is 4.72 Å². The van der Waals surface area contributed by atoms with Crippen molar-refractivity contribution in [2.45, 2.75) is 4.90 Å². The predicted molar refractivity (Wildman–Crippen MR) is 80.9 cm³/mol. The number of nitrogens with one attached hydrogen (secondary N) is 1. The molecule has 1 heterocycles. The smallest absolute Gasteiger partial charge is 0.263 e. The molecule has 2 aromatic rings. The van der Waals surface area contributed by atoms with E-state index in [-0.39, 0.29) is 21.4 Å². The molecule has 1 N–H and O–H groups in total. The molecule has 0 spiro atoms. The maximum Gasteiger partial charge on any atom is 0.270 e. The van der Waals surface area contributed by atoms with Crippen molar-refractivity contribution in [1.29, 1.82) is 0 Å². The second-order valence-electron chi connectivity index (χ2n) is 3.82. The summed E-state index contributed by atoms with van der Waals surface area (Å²) in [6, 6.07) is 7.82. The Balaban J connectivity index is 2.44. The van der Waals surface area contributed by atoms with E-state index in [0.717, 1.165) is 18.2 Å². The molecule has 0 bridgehead atoms. The molecule has 0 amide bonds. The first-order valence-electron chi connectivity index (χ1n) is 5.39. The Morgan fingerprint density at radius 2 is 2.00 bits per heavy atom. The quantitative estimate of drug-likeness (QED) is 0.489. The van der Waals surface area contributed by atoms with Crippen LogP contribution >= 0.6 is 27.5 Å². The van der Waals surface area contributed by atoms with Gasteiger partial charge in [0.2, 0.25) is 0 Å². The molecule has 7 nitrogen and oxygen atoms in total. The number of benzene rings is 1. The minimum Gasteiger partial charge on any atom is -0.263 e. The van der Waals surface area contributed by atoms with Crippen molar-refractivity contribution in [2.24, 2.45) is 0 Å². The lowest BCUT2D eigenvalue weighted by Gasteiger charge is -2.08. The fraction of sp³-hybridized carbons (Fsp3) is 0. The van der Waals surface area contributed by atoms with E-state index >= 15 is 0 Å². The molecular formula is C11H7BrClN3O4S. The number of anilines is 1.